The zero-order valence-corrected chi connectivity index (χ0v) is 11.8. The molecule has 0 aliphatic rings. The van der Waals surface area contributed by atoms with E-state index in [2.05, 4.69) is 11.4 Å². The van der Waals surface area contributed by atoms with Crippen LogP contribution in [0.4, 0.5) is 0 Å². The maximum atomic E-state index is 10.1. The minimum absolute atomic E-state index is 0.0855. The van der Waals surface area contributed by atoms with Gasteiger partial charge >= 0.3 is 0 Å². The molecule has 104 valence electrons. The summed E-state index contributed by atoms with van der Waals surface area (Å²) in [6.45, 7) is 4.82. The Hall–Kier alpha value is -1.41. The van der Waals surface area contributed by atoms with Gasteiger partial charge in [-0.05, 0) is 31.5 Å². The van der Waals surface area contributed by atoms with Crippen molar-refractivity contribution >= 4 is 0 Å². The van der Waals surface area contributed by atoms with E-state index >= 15 is 0 Å². The van der Waals surface area contributed by atoms with E-state index in [9.17, 15) is 5.11 Å². The van der Waals surface area contributed by atoms with E-state index < -0.39 is 5.60 Å². The van der Waals surface area contributed by atoms with Crippen LogP contribution in [0.5, 0.6) is 0 Å². The summed E-state index contributed by atoms with van der Waals surface area (Å²) in [5.41, 5.74) is 0.899. The second-order valence-electron chi connectivity index (χ2n) is 5.08. The molecular formula is C15H22N2O2. The number of methoxy groups -OCH3 is 1. The van der Waals surface area contributed by atoms with Crippen LogP contribution in [-0.2, 0) is 4.74 Å². The lowest BCUT2D eigenvalue weighted by atomic mass is 10.0. The molecule has 1 aromatic carbocycles. The number of benzene rings is 1. The van der Waals surface area contributed by atoms with Crippen LogP contribution in [0.2, 0.25) is 0 Å². The largest absolute Gasteiger partial charge is 0.389 e. The first-order valence-corrected chi connectivity index (χ1v) is 6.43. The molecule has 0 fully saturated rings. The van der Waals surface area contributed by atoms with Gasteiger partial charge in [0, 0.05) is 32.7 Å². The summed E-state index contributed by atoms with van der Waals surface area (Å²) >= 11 is 0. The van der Waals surface area contributed by atoms with Crippen molar-refractivity contribution in [1.29, 1.82) is 5.26 Å². The van der Waals surface area contributed by atoms with Crippen molar-refractivity contribution in [2.45, 2.75) is 31.9 Å². The molecule has 0 amide bonds. The summed E-state index contributed by atoms with van der Waals surface area (Å²) in [4.78, 5) is 0. The molecular weight excluding hydrogens is 240 g/mol. The third-order valence-electron chi connectivity index (χ3n) is 3.15. The molecule has 0 saturated heterocycles. The molecule has 0 heterocycles. The summed E-state index contributed by atoms with van der Waals surface area (Å²) < 4.78 is 4.98. The number of ether oxygens (including phenoxy) is 1. The SMILES string of the molecule is COCCC(C)(O)CNC(C)c1cccc(C#N)c1. The predicted molar refractivity (Wildman–Crippen MR) is 74.7 cm³/mol. The molecule has 4 nitrogen and oxygen atoms in total. The van der Waals surface area contributed by atoms with Crippen molar-refractivity contribution < 1.29 is 9.84 Å². The van der Waals surface area contributed by atoms with Gasteiger partial charge in [0.25, 0.3) is 0 Å². The number of hydrogen-bond acceptors (Lipinski definition) is 4. The normalized spacial score (nSPS) is 15.5. The fourth-order valence-electron chi connectivity index (χ4n) is 1.78. The molecule has 1 aromatic rings. The maximum absolute atomic E-state index is 10.1. The first-order valence-electron chi connectivity index (χ1n) is 6.43. The van der Waals surface area contributed by atoms with Crippen molar-refractivity contribution in [1.82, 2.24) is 5.32 Å². The summed E-state index contributed by atoms with van der Waals surface area (Å²) in [7, 11) is 1.62. The topological polar surface area (TPSA) is 65.3 Å². The van der Waals surface area contributed by atoms with Gasteiger partial charge in [-0.25, -0.2) is 0 Å². The fraction of sp³-hybridized carbons (Fsp3) is 0.533. The minimum atomic E-state index is -0.795. The summed E-state index contributed by atoms with van der Waals surface area (Å²) in [6.07, 6.45) is 0.585. The number of nitrogens with one attached hydrogen (secondary N) is 1. The van der Waals surface area contributed by atoms with E-state index in [1.807, 2.05) is 25.1 Å². The highest BCUT2D eigenvalue weighted by molar-refractivity contribution is 5.34. The van der Waals surface area contributed by atoms with E-state index in [0.29, 0.717) is 25.1 Å². The molecule has 0 saturated carbocycles. The van der Waals surface area contributed by atoms with Gasteiger partial charge in [-0.1, -0.05) is 12.1 Å². The summed E-state index contributed by atoms with van der Waals surface area (Å²) in [5, 5.41) is 22.3. The number of aliphatic hydroxyl groups is 1. The van der Waals surface area contributed by atoms with Gasteiger partial charge in [0.1, 0.15) is 0 Å². The Balaban J connectivity index is 2.55. The molecule has 0 aliphatic heterocycles. The second kappa shape index (κ2) is 7.25. The lowest BCUT2D eigenvalue weighted by molar-refractivity contribution is 0.0231. The zero-order valence-electron chi connectivity index (χ0n) is 11.8. The summed E-state index contributed by atoms with van der Waals surface area (Å²) in [6, 6.07) is 9.70. The number of nitrogens with zero attached hydrogens (tertiary/aromatic N) is 1. The van der Waals surface area contributed by atoms with E-state index in [0.717, 1.165) is 5.56 Å². The standard InChI is InChI=1S/C15H22N2O2/c1-12(14-6-4-5-13(9-14)10-16)17-11-15(2,18)7-8-19-3/h4-6,9,12,17-18H,7-8,11H2,1-3H3. The van der Waals surface area contributed by atoms with Gasteiger partial charge in [-0.15, -0.1) is 0 Å². The molecule has 0 aliphatic carbocycles. The molecule has 0 spiro atoms. The van der Waals surface area contributed by atoms with E-state index in [4.69, 9.17) is 10.00 Å². The predicted octanol–water partition coefficient (Wildman–Crippen LogP) is 2.00. The Kier molecular flexibility index (Phi) is 5.97. The van der Waals surface area contributed by atoms with Gasteiger partial charge in [0.05, 0.1) is 17.2 Å². The van der Waals surface area contributed by atoms with Gasteiger partial charge in [0.2, 0.25) is 0 Å². The third-order valence-corrected chi connectivity index (χ3v) is 3.15. The Morgan fingerprint density at radius 1 is 1.53 bits per heavy atom. The maximum Gasteiger partial charge on any atom is 0.0991 e. The minimum Gasteiger partial charge on any atom is -0.389 e. The first kappa shape index (κ1) is 15.6. The zero-order chi connectivity index (χ0) is 14.3. The quantitative estimate of drug-likeness (QED) is 0.788. The Morgan fingerprint density at radius 3 is 2.89 bits per heavy atom. The molecule has 2 N–H and O–H groups in total. The number of rotatable bonds is 7. The van der Waals surface area contributed by atoms with Gasteiger partial charge in [0.15, 0.2) is 0 Å². The van der Waals surface area contributed by atoms with Crippen LogP contribution in [0.3, 0.4) is 0 Å². The monoisotopic (exact) mass is 262 g/mol. The van der Waals surface area contributed by atoms with Gasteiger partial charge in [-0.2, -0.15) is 5.26 Å². The van der Waals surface area contributed by atoms with Crippen molar-refractivity contribution in [3.05, 3.63) is 35.4 Å². The van der Waals surface area contributed by atoms with Crippen LogP contribution in [0.25, 0.3) is 0 Å². The Morgan fingerprint density at radius 2 is 2.26 bits per heavy atom. The van der Waals surface area contributed by atoms with E-state index in [1.54, 1.807) is 20.1 Å². The van der Waals surface area contributed by atoms with Crippen LogP contribution in [0.15, 0.2) is 24.3 Å². The Bertz CT molecular complexity index is 438. The lowest BCUT2D eigenvalue weighted by Crippen LogP contribution is -2.39. The first-order chi connectivity index (χ1) is 8.98. The highest BCUT2D eigenvalue weighted by Gasteiger charge is 2.20. The van der Waals surface area contributed by atoms with E-state index in [-0.39, 0.29) is 6.04 Å². The molecule has 0 aromatic heterocycles. The van der Waals surface area contributed by atoms with Crippen LogP contribution in [0, 0.1) is 11.3 Å². The molecule has 2 atom stereocenters. The molecule has 1 rings (SSSR count). The van der Waals surface area contributed by atoms with Crippen molar-refractivity contribution in [3.63, 3.8) is 0 Å². The number of hydrogen-bond donors (Lipinski definition) is 2. The van der Waals surface area contributed by atoms with Crippen molar-refractivity contribution in [2.24, 2.45) is 0 Å². The Labute approximate surface area is 115 Å². The average molecular weight is 262 g/mol. The lowest BCUT2D eigenvalue weighted by Gasteiger charge is -2.26. The molecule has 2 unspecified atom stereocenters. The molecule has 19 heavy (non-hydrogen) atoms. The molecule has 0 bridgehead atoms. The molecule has 4 heteroatoms. The van der Waals surface area contributed by atoms with Crippen molar-refractivity contribution in [3.8, 4) is 6.07 Å². The van der Waals surface area contributed by atoms with Crippen LogP contribution < -0.4 is 5.32 Å². The van der Waals surface area contributed by atoms with Crippen molar-refractivity contribution in [2.75, 3.05) is 20.3 Å². The highest BCUT2D eigenvalue weighted by Crippen LogP contribution is 2.16. The fourth-order valence-corrected chi connectivity index (χ4v) is 1.78. The van der Waals surface area contributed by atoms with Crippen LogP contribution in [0.1, 0.15) is 37.4 Å². The van der Waals surface area contributed by atoms with E-state index in [1.165, 1.54) is 0 Å². The smallest absolute Gasteiger partial charge is 0.0991 e. The molecule has 0 radical (unpaired) electrons. The highest BCUT2D eigenvalue weighted by atomic mass is 16.5. The summed E-state index contributed by atoms with van der Waals surface area (Å²) in [5.74, 6) is 0. The van der Waals surface area contributed by atoms with Gasteiger partial charge in [-0.3, -0.25) is 0 Å². The third kappa shape index (κ3) is 5.39. The van der Waals surface area contributed by atoms with Crippen LogP contribution in [-0.4, -0.2) is 31.0 Å². The van der Waals surface area contributed by atoms with Crippen LogP contribution >= 0.6 is 0 Å². The average Bonchev–Trinajstić information content (AvgIpc) is 2.43. The second-order valence-corrected chi connectivity index (χ2v) is 5.08. The van der Waals surface area contributed by atoms with Gasteiger partial charge < -0.3 is 15.2 Å². The number of nitriles is 1.